The Balaban J connectivity index is 2.15. The SMILES string of the molecule is OCC1CCCNC1c1cccnc1. The first-order valence-electron chi connectivity index (χ1n) is 5.16. The molecule has 2 atom stereocenters. The molecule has 1 aliphatic heterocycles. The maximum Gasteiger partial charge on any atom is 0.0477 e. The van der Waals surface area contributed by atoms with Gasteiger partial charge < -0.3 is 10.4 Å². The molecule has 0 radical (unpaired) electrons. The third kappa shape index (κ3) is 1.94. The zero-order valence-electron chi connectivity index (χ0n) is 8.19. The highest BCUT2D eigenvalue weighted by Crippen LogP contribution is 2.27. The van der Waals surface area contributed by atoms with Gasteiger partial charge in [0.2, 0.25) is 0 Å². The van der Waals surface area contributed by atoms with Gasteiger partial charge >= 0.3 is 0 Å². The Kier molecular flexibility index (Phi) is 3.11. The Hall–Kier alpha value is -0.930. The topological polar surface area (TPSA) is 45.1 Å². The van der Waals surface area contributed by atoms with Gasteiger partial charge in [-0.3, -0.25) is 4.98 Å². The second-order valence-corrected chi connectivity index (χ2v) is 3.80. The summed E-state index contributed by atoms with van der Waals surface area (Å²) in [5.74, 6) is 0.341. The lowest BCUT2D eigenvalue weighted by atomic mass is 9.87. The molecular formula is C11H16N2O. The van der Waals surface area contributed by atoms with Crippen LogP contribution in [0.15, 0.2) is 24.5 Å². The van der Waals surface area contributed by atoms with Crippen LogP contribution in [0.5, 0.6) is 0 Å². The Morgan fingerprint density at radius 1 is 1.57 bits per heavy atom. The molecule has 1 fully saturated rings. The number of piperidine rings is 1. The molecule has 0 spiro atoms. The molecule has 3 nitrogen and oxygen atoms in total. The molecule has 14 heavy (non-hydrogen) atoms. The quantitative estimate of drug-likeness (QED) is 0.738. The number of nitrogens with zero attached hydrogens (tertiary/aromatic N) is 1. The summed E-state index contributed by atoms with van der Waals surface area (Å²) in [6.45, 7) is 1.29. The third-order valence-electron chi connectivity index (χ3n) is 2.87. The molecule has 3 heteroatoms. The van der Waals surface area contributed by atoms with Crippen LogP contribution in [0.25, 0.3) is 0 Å². The smallest absolute Gasteiger partial charge is 0.0477 e. The Morgan fingerprint density at radius 2 is 2.50 bits per heavy atom. The summed E-state index contributed by atoms with van der Waals surface area (Å²) in [5.41, 5.74) is 1.19. The van der Waals surface area contributed by atoms with E-state index in [0.717, 1.165) is 19.4 Å². The molecule has 0 aromatic carbocycles. The van der Waals surface area contributed by atoms with Gasteiger partial charge in [0.25, 0.3) is 0 Å². The molecule has 1 aliphatic rings. The number of hydrogen-bond donors (Lipinski definition) is 2. The van der Waals surface area contributed by atoms with Crippen LogP contribution in [0.3, 0.4) is 0 Å². The highest BCUT2D eigenvalue weighted by atomic mass is 16.3. The van der Waals surface area contributed by atoms with Gasteiger partial charge in [0.1, 0.15) is 0 Å². The molecule has 0 bridgehead atoms. The summed E-state index contributed by atoms with van der Waals surface area (Å²) in [6.07, 6.45) is 5.91. The highest BCUT2D eigenvalue weighted by Gasteiger charge is 2.25. The summed E-state index contributed by atoms with van der Waals surface area (Å²) in [4.78, 5) is 4.11. The number of aliphatic hydroxyl groups excluding tert-OH is 1. The monoisotopic (exact) mass is 192 g/mol. The van der Waals surface area contributed by atoms with Crippen LogP contribution in [-0.4, -0.2) is 23.2 Å². The molecular weight excluding hydrogens is 176 g/mol. The summed E-state index contributed by atoms with van der Waals surface area (Å²) in [6, 6.07) is 4.29. The van der Waals surface area contributed by atoms with E-state index in [1.165, 1.54) is 5.56 Å². The maximum atomic E-state index is 9.26. The van der Waals surface area contributed by atoms with Gasteiger partial charge in [-0.1, -0.05) is 6.07 Å². The van der Waals surface area contributed by atoms with Crippen molar-refractivity contribution in [2.24, 2.45) is 5.92 Å². The van der Waals surface area contributed by atoms with E-state index in [1.807, 2.05) is 12.3 Å². The maximum absolute atomic E-state index is 9.26. The van der Waals surface area contributed by atoms with Crippen molar-refractivity contribution in [2.45, 2.75) is 18.9 Å². The van der Waals surface area contributed by atoms with Crippen LogP contribution < -0.4 is 5.32 Å². The fourth-order valence-electron chi connectivity index (χ4n) is 2.10. The Labute approximate surface area is 84.2 Å². The normalized spacial score (nSPS) is 27.5. The molecule has 2 unspecified atom stereocenters. The van der Waals surface area contributed by atoms with Crippen molar-refractivity contribution >= 4 is 0 Å². The first kappa shape index (κ1) is 9.62. The number of rotatable bonds is 2. The van der Waals surface area contributed by atoms with Crippen LogP contribution in [0.1, 0.15) is 24.4 Å². The summed E-state index contributed by atoms with van der Waals surface area (Å²) in [7, 11) is 0. The van der Waals surface area contributed by atoms with Crippen molar-refractivity contribution in [1.82, 2.24) is 10.3 Å². The van der Waals surface area contributed by atoms with E-state index < -0.39 is 0 Å². The zero-order valence-corrected chi connectivity index (χ0v) is 8.19. The van der Waals surface area contributed by atoms with E-state index in [1.54, 1.807) is 6.20 Å². The lowest BCUT2D eigenvalue weighted by Crippen LogP contribution is -2.35. The first-order valence-corrected chi connectivity index (χ1v) is 5.16. The van der Waals surface area contributed by atoms with E-state index in [2.05, 4.69) is 16.4 Å². The molecule has 2 rings (SSSR count). The van der Waals surface area contributed by atoms with E-state index in [9.17, 15) is 5.11 Å². The standard InChI is InChI=1S/C11H16N2O/c14-8-10-4-2-6-13-11(10)9-3-1-5-12-7-9/h1,3,5,7,10-11,13-14H,2,4,6,8H2. The van der Waals surface area contributed by atoms with Gasteiger partial charge in [0, 0.05) is 31.0 Å². The van der Waals surface area contributed by atoms with E-state index in [4.69, 9.17) is 0 Å². The van der Waals surface area contributed by atoms with Crippen molar-refractivity contribution < 1.29 is 5.11 Å². The molecule has 1 aromatic heterocycles. The molecule has 1 saturated heterocycles. The van der Waals surface area contributed by atoms with Gasteiger partial charge in [-0.15, -0.1) is 0 Å². The predicted octanol–water partition coefficient (Wildman–Crippen LogP) is 1.11. The number of aromatic nitrogens is 1. The molecule has 1 aromatic rings. The van der Waals surface area contributed by atoms with E-state index >= 15 is 0 Å². The lowest BCUT2D eigenvalue weighted by molar-refractivity contribution is 0.160. The average molecular weight is 192 g/mol. The van der Waals surface area contributed by atoms with Crippen molar-refractivity contribution in [2.75, 3.05) is 13.2 Å². The van der Waals surface area contributed by atoms with Crippen molar-refractivity contribution in [3.8, 4) is 0 Å². The highest BCUT2D eigenvalue weighted by molar-refractivity contribution is 5.15. The number of hydrogen-bond acceptors (Lipinski definition) is 3. The fourth-order valence-corrected chi connectivity index (χ4v) is 2.10. The Morgan fingerprint density at radius 3 is 3.21 bits per heavy atom. The van der Waals surface area contributed by atoms with Gasteiger partial charge in [-0.05, 0) is 31.0 Å². The largest absolute Gasteiger partial charge is 0.396 e. The predicted molar refractivity (Wildman–Crippen MR) is 54.8 cm³/mol. The minimum atomic E-state index is 0.257. The van der Waals surface area contributed by atoms with Crippen LogP contribution in [0.2, 0.25) is 0 Å². The molecule has 76 valence electrons. The van der Waals surface area contributed by atoms with Crippen molar-refractivity contribution in [3.63, 3.8) is 0 Å². The minimum absolute atomic E-state index is 0.257. The number of pyridine rings is 1. The third-order valence-corrected chi connectivity index (χ3v) is 2.87. The van der Waals surface area contributed by atoms with E-state index in [-0.39, 0.29) is 12.6 Å². The van der Waals surface area contributed by atoms with Gasteiger partial charge in [-0.2, -0.15) is 0 Å². The van der Waals surface area contributed by atoms with Crippen molar-refractivity contribution in [1.29, 1.82) is 0 Å². The van der Waals surface area contributed by atoms with Crippen LogP contribution in [-0.2, 0) is 0 Å². The Bertz CT molecular complexity index is 276. The molecule has 0 amide bonds. The van der Waals surface area contributed by atoms with Crippen LogP contribution in [0.4, 0.5) is 0 Å². The van der Waals surface area contributed by atoms with Crippen molar-refractivity contribution in [3.05, 3.63) is 30.1 Å². The number of aliphatic hydroxyl groups is 1. The summed E-state index contributed by atoms with van der Waals surface area (Å²) >= 11 is 0. The van der Waals surface area contributed by atoms with Gasteiger partial charge in [0.05, 0.1) is 0 Å². The van der Waals surface area contributed by atoms with Gasteiger partial charge in [0.15, 0.2) is 0 Å². The summed E-state index contributed by atoms with van der Waals surface area (Å²) < 4.78 is 0. The molecule has 2 heterocycles. The molecule has 2 N–H and O–H groups in total. The second-order valence-electron chi connectivity index (χ2n) is 3.80. The molecule has 0 aliphatic carbocycles. The fraction of sp³-hybridized carbons (Fsp3) is 0.545. The van der Waals surface area contributed by atoms with Crippen LogP contribution >= 0.6 is 0 Å². The average Bonchev–Trinajstić information content (AvgIpc) is 2.30. The first-order chi connectivity index (χ1) is 6.92. The van der Waals surface area contributed by atoms with Gasteiger partial charge in [-0.25, -0.2) is 0 Å². The van der Waals surface area contributed by atoms with E-state index in [0.29, 0.717) is 5.92 Å². The second kappa shape index (κ2) is 4.53. The minimum Gasteiger partial charge on any atom is -0.396 e. The summed E-state index contributed by atoms with van der Waals surface area (Å²) in [5, 5.41) is 12.7. The zero-order chi connectivity index (χ0) is 9.80. The molecule has 0 saturated carbocycles. The number of nitrogens with one attached hydrogen (secondary N) is 1. The lowest BCUT2D eigenvalue weighted by Gasteiger charge is -2.31. The van der Waals surface area contributed by atoms with Crippen LogP contribution in [0, 0.1) is 5.92 Å².